The molecule has 490 valence electrons. The van der Waals surface area contributed by atoms with Crippen LogP contribution >= 0.6 is 0 Å². The maximum absolute atomic E-state index is 12.4. The fraction of sp³-hybridized carbons (Fsp3) is 0.535. The molecule has 9 fully saturated rings. The average Bonchev–Trinajstić information content (AvgIpc) is 1.56. The van der Waals surface area contributed by atoms with Gasteiger partial charge in [0.05, 0.1) is 33.6 Å². The van der Waals surface area contributed by atoms with E-state index < -0.39 is 0 Å². The Morgan fingerprint density at radius 1 is 0.411 bits per heavy atom. The van der Waals surface area contributed by atoms with E-state index in [-0.39, 0.29) is 49.9 Å². The zero-order valence-electron chi connectivity index (χ0n) is 56.9. The van der Waals surface area contributed by atoms with E-state index in [0.29, 0.717) is 66.2 Å². The Bertz CT molecular complexity index is 4220. The molecule has 21 rings (SSSR count). The van der Waals surface area contributed by atoms with Crippen molar-refractivity contribution in [3.8, 4) is 0 Å². The van der Waals surface area contributed by atoms with Crippen LogP contribution in [0.1, 0.15) is 209 Å². The minimum atomic E-state index is -0.294. The van der Waals surface area contributed by atoms with Gasteiger partial charge in [0.15, 0.2) is 0 Å². The third-order valence-electron chi connectivity index (χ3n) is 29.9. The van der Waals surface area contributed by atoms with Crippen LogP contribution in [0.15, 0.2) is 180 Å². The molecule has 6 spiro atoms. The van der Waals surface area contributed by atoms with E-state index in [1.165, 1.54) is 174 Å². The maximum Gasteiger partial charge on any atom is 0.136 e. The second-order valence-corrected chi connectivity index (χ2v) is 33.7. The first-order valence-electron chi connectivity index (χ1n) is 37.4. The second kappa shape index (κ2) is 21.4. The van der Waals surface area contributed by atoms with Crippen LogP contribution in [0.4, 0.5) is 0 Å². The first kappa shape index (κ1) is 60.0. The lowest BCUT2D eigenvalue weighted by Crippen LogP contribution is -2.54. The van der Waals surface area contributed by atoms with Gasteiger partial charge in [0.2, 0.25) is 0 Å². The van der Waals surface area contributed by atoms with Crippen LogP contribution in [-0.2, 0) is 19.0 Å². The van der Waals surface area contributed by atoms with Crippen LogP contribution in [0.25, 0.3) is 32.3 Å². The van der Waals surface area contributed by atoms with Crippen molar-refractivity contribution in [2.45, 2.75) is 238 Å². The summed E-state index contributed by atoms with van der Waals surface area (Å²) >= 11 is 0. The van der Waals surface area contributed by atoms with E-state index in [1.807, 2.05) is 37.2 Å². The summed E-state index contributed by atoms with van der Waals surface area (Å²) in [5, 5.41) is 14.7. The van der Waals surface area contributed by atoms with Crippen LogP contribution in [0.5, 0.6) is 0 Å². The number of aromatic nitrogens is 3. The van der Waals surface area contributed by atoms with Gasteiger partial charge in [-0.2, -0.15) is 0 Å². The van der Waals surface area contributed by atoms with Gasteiger partial charge in [0.25, 0.3) is 0 Å². The summed E-state index contributed by atoms with van der Waals surface area (Å²) in [4.78, 5) is 25.5. The molecule has 95 heavy (non-hydrogen) atoms. The zero-order valence-corrected chi connectivity index (χ0v) is 56.9. The van der Waals surface area contributed by atoms with Gasteiger partial charge in [0, 0.05) is 78.3 Å². The molecule has 6 aromatic rings. The summed E-state index contributed by atoms with van der Waals surface area (Å²) in [6, 6.07) is 28.6. The summed E-state index contributed by atoms with van der Waals surface area (Å²) in [5.41, 5.74) is 13.6. The number of ketones is 1. The van der Waals surface area contributed by atoms with E-state index in [0.717, 1.165) is 38.5 Å². The monoisotopic (exact) mass is 1260 g/mol. The molecule has 6 aliphatic heterocycles. The van der Waals surface area contributed by atoms with Crippen LogP contribution in [0.2, 0.25) is 0 Å². The second-order valence-electron chi connectivity index (χ2n) is 33.7. The molecule has 0 radical (unpaired) electrons. The van der Waals surface area contributed by atoms with Gasteiger partial charge < -0.3 is 24.8 Å². The van der Waals surface area contributed by atoms with Crippen LogP contribution in [0.3, 0.4) is 0 Å². The summed E-state index contributed by atoms with van der Waals surface area (Å²) in [5.74, 6) is 3.83. The van der Waals surface area contributed by atoms with Gasteiger partial charge in [-0.1, -0.05) is 93.6 Å². The molecule has 9 heteroatoms. The van der Waals surface area contributed by atoms with E-state index >= 15 is 0 Å². The Morgan fingerprint density at radius 3 is 1.17 bits per heavy atom. The first-order valence-corrected chi connectivity index (χ1v) is 37.4. The normalized spacial score (nSPS) is 41.7. The summed E-state index contributed by atoms with van der Waals surface area (Å²) < 4.78 is 21.8. The van der Waals surface area contributed by atoms with Crippen molar-refractivity contribution in [3.05, 3.63) is 197 Å². The Morgan fingerprint density at radius 2 is 0.779 bits per heavy atom. The SMILES string of the molecule is CN[C@@H]1CCC2=CC3=CC[C@]4(C)[C@@H](c5ccc6ccncc6c5)CC[C@H]4C34CC[C@]2(C1)O4.CN[C@H]1CCC2=CC3=CC[C@]4(C)[C@@H](c5ccc6ccncc6c5)CC[C@H]4C34CC[C@]2(C1)O4.C[C@]12CC=C3C=C4CCC(=O)C[C@]45CCC3(O5)[C@@H]1CC[C@@H]2c1ccc2ccncc2c1. The highest BCUT2D eigenvalue weighted by molar-refractivity contribution is 5.85. The van der Waals surface area contributed by atoms with Gasteiger partial charge in [-0.25, -0.2) is 0 Å². The third-order valence-corrected chi connectivity index (χ3v) is 29.9. The smallest absolute Gasteiger partial charge is 0.136 e. The molecule has 3 unspecified atom stereocenters. The summed E-state index contributed by atoms with van der Waals surface area (Å²) in [6.45, 7) is 7.63. The lowest BCUT2D eigenvalue weighted by Gasteiger charge is -2.54. The molecule has 3 aromatic carbocycles. The standard InChI is InChI=1S/2C29H34N2O.C28H29NO2/c2*1-27-11-9-23-16-22-5-6-24(30-2)17-28(22)12-13-29(23,32-28)26(27)8-7-25(27)20-4-3-19-10-14-31-18-21(19)15-20;1-26-10-8-22-15-21-4-5-23(30)16-27(21)11-12-28(22,31-27)25(26)7-6-24(26)19-3-2-18-9-13-29-17-20(18)14-19/h2*3-4,9-10,14-16,18,24-26,30H,5-8,11-13,17H2,1-2H3;2-3,8-9,13-15,17,24-25H,4-7,10-12,16H2,1H3/t24-,25+,26+,27+,28+,29?;24-,25-,26-,27-,28-,29?;24-,25-,26-,27-,28?/m011/s1. The minimum Gasteiger partial charge on any atom is -0.359 e. The van der Waals surface area contributed by atoms with Gasteiger partial charge >= 0.3 is 0 Å². The number of nitrogens with zero attached hydrogens (tertiary/aromatic N) is 3. The molecular weight excluding hydrogens is 1170 g/mol. The molecule has 6 bridgehead atoms. The van der Waals surface area contributed by atoms with E-state index in [9.17, 15) is 4.79 Å². The average molecular weight is 1260 g/mol. The number of fused-ring (bicyclic) bond motifs is 6. The Hall–Kier alpha value is -6.20. The summed E-state index contributed by atoms with van der Waals surface area (Å²) in [7, 11) is 4.24. The number of Topliss-reactive ketones (excluding diaryl/α,β-unsaturated/α-hetero) is 1. The van der Waals surface area contributed by atoms with Crippen LogP contribution in [0, 0.1) is 34.0 Å². The van der Waals surface area contributed by atoms with Crippen molar-refractivity contribution in [1.82, 2.24) is 25.6 Å². The highest BCUT2D eigenvalue weighted by Gasteiger charge is 2.70. The zero-order chi connectivity index (χ0) is 64.0. The predicted molar refractivity (Wildman–Crippen MR) is 378 cm³/mol. The Balaban J connectivity index is 0.000000101. The predicted octanol–water partition coefficient (Wildman–Crippen LogP) is 18.2. The number of benzene rings is 3. The molecule has 17 atom stereocenters. The highest BCUT2D eigenvalue weighted by Crippen LogP contribution is 2.73. The fourth-order valence-corrected chi connectivity index (χ4v) is 25.1. The number of pyridine rings is 3. The third kappa shape index (κ3) is 8.62. The first-order chi connectivity index (χ1) is 46.1. The van der Waals surface area contributed by atoms with E-state index in [4.69, 9.17) is 14.2 Å². The van der Waals surface area contributed by atoms with Gasteiger partial charge in [-0.3, -0.25) is 19.7 Å². The molecule has 3 saturated heterocycles. The number of hydrogen-bond acceptors (Lipinski definition) is 9. The maximum atomic E-state index is 12.4. The molecule has 15 aliphatic rings. The molecule has 2 N–H and O–H groups in total. The molecule has 3 aromatic heterocycles. The van der Waals surface area contributed by atoms with Crippen molar-refractivity contribution in [2.75, 3.05) is 14.1 Å². The van der Waals surface area contributed by atoms with Crippen LogP contribution in [-0.4, -0.2) is 80.5 Å². The van der Waals surface area contributed by atoms with Crippen LogP contribution < -0.4 is 10.6 Å². The minimum absolute atomic E-state index is 0.00573. The molecule has 9 heterocycles. The number of nitrogens with one attached hydrogen (secondary N) is 2. The number of rotatable bonds is 5. The molecule has 6 saturated carbocycles. The molecule has 0 amide bonds. The molecule has 9 aliphatic carbocycles. The Labute approximate surface area is 562 Å². The van der Waals surface area contributed by atoms with E-state index in [1.54, 1.807) is 11.1 Å². The van der Waals surface area contributed by atoms with Gasteiger partial charge in [-0.15, -0.1) is 0 Å². The van der Waals surface area contributed by atoms with Gasteiger partial charge in [-0.05, 0) is 310 Å². The number of hydrogen-bond donors (Lipinski definition) is 2. The van der Waals surface area contributed by atoms with Crippen molar-refractivity contribution in [2.24, 2.45) is 34.0 Å². The number of carbonyl (C=O) groups is 1. The van der Waals surface area contributed by atoms with Crippen molar-refractivity contribution >= 4 is 38.1 Å². The number of allylic oxidation sites excluding steroid dienone is 3. The highest BCUT2D eigenvalue weighted by atomic mass is 16.5. The van der Waals surface area contributed by atoms with Crippen molar-refractivity contribution in [3.63, 3.8) is 0 Å². The fourth-order valence-electron chi connectivity index (χ4n) is 25.1. The van der Waals surface area contributed by atoms with Crippen molar-refractivity contribution in [1.29, 1.82) is 0 Å². The molecular formula is C86H97N5O4. The van der Waals surface area contributed by atoms with Gasteiger partial charge in [0.1, 0.15) is 5.78 Å². The lowest BCUT2D eigenvalue weighted by molar-refractivity contribution is -0.146. The molecule has 9 nitrogen and oxygen atoms in total. The van der Waals surface area contributed by atoms with E-state index in [2.05, 4.69) is 170 Å². The lowest BCUT2D eigenvalue weighted by atomic mass is 9.58. The summed E-state index contributed by atoms with van der Waals surface area (Å²) in [6.07, 6.45) is 54.1. The largest absolute Gasteiger partial charge is 0.359 e. The topological polar surface area (TPSA) is 107 Å². The number of ether oxygens (including phenoxy) is 3. The Kier molecular flexibility index (Phi) is 13.5. The number of carbonyl (C=O) groups excluding carboxylic acids is 1. The quantitative estimate of drug-likeness (QED) is 0.174. The van der Waals surface area contributed by atoms with Crippen molar-refractivity contribution < 1.29 is 19.0 Å².